The van der Waals surface area contributed by atoms with Gasteiger partial charge in [-0.2, -0.15) is 0 Å². The quantitative estimate of drug-likeness (QED) is 0.578. The van der Waals surface area contributed by atoms with Crippen LogP contribution in [0.5, 0.6) is 5.75 Å². The maximum atomic E-state index is 10.9. The third-order valence-electron chi connectivity index (χ3n) is 3.09. The Labute approximate surface area is 115 Å². The molecule has 1 aliphatic rings. The van der Waals surface area contributed by atoms with Crippen molar-refractivity contribution in [2.24, 2.45) is 0 Å². The standard InChI is InChI=1S/C13H16O7/c1-6-2-4-7(5-3-6)19-13-10(16)8(14)9(15)11(20-13)12(17)18/h2-5,8-11,13-16H,1H3,(H,17,18)/t8?,9-,10+,11-,13+/m0/s1. The zero-order valence-corrected chi connectivity index (χ0v) is 10.7. The molecule has 0 bridgehead atoms. The van der Waals surface area contributed by atoms with Gasteiger partial charge in [-0.05, 0) is 19.1 Å². The summed E-state index contributed by atoms with van der Waals surface area (Å²) in [7, 11) is 0. The number of ether oxygens (including phenoxy) is 2. The van der Waals surface area contributed by atoms with E-state index in [0.29, 0.717) is 5.75 Å². The monoisotopic (exact) mass is 284 g/mol. The van der Waals surface area contributed by atoms with E-state index in [9.17, 15) is 20.1 Å². The van der Waals surface area contributed by atoms with E-state index < -0.39 is 36.7 Å². The Kier molecular flexibility index (Phi) is 4.24. The van der Waals surface area contributed by atoms with Crippen LogP contribution in [0.25, 0.3) is 0 Å². The molecule has 7 nitrogen and oxygen atoms in total. The van der Waals surface area contributed by atoms with Crippen LogP contribution in [0.2, 0.25) is 0 Å². The Morgan fingerprint density at radius 2 is 1.70 bits per heavy atom. The van der Waals surface area contributed by atoms with Crippen LogP contribution >= 0.6 is 0 Å². The molecular formula is C13H16O7. The third kappa shape index (κ3) is 2.91. The van der Waals surface area contributed by atoms with Gasteiger partial charge < -0.3 is 29.9 Å². The van der Waals surface area contributed by atoms with Gasteiger partial charge in [-0.25, -0.2) is 4.79 Å². The number of rotatable bonds is 3. The molecule has 20 heavy (non-hydrogen) atoms. The smallest absolute Gasteiger partial charge is 0.335 e. The lowest BCUT2D eigenvalue weighted by molar-refractivity contribution is -0.271. The van der Waals surface area contributed by atoms with Gasteiger partial charge in [-0.3, -0.25) is 0 Å². The zero-order valence-electron chi connectivity index (χ0n) is 10.7. The number of carboxylic acid groups (broad SMARTS) is 1. The minimum atomic E-state index is -1.72. The van der Waals surface area contributed by atoms with Crippen molar-refractivity contribution in [2.75, 3.05) is 0 Å². The Balaban J connectivity index is 2.13. The van der Waals surface area contributed by atoms with Crippen molar-refractivity contribution in [2.45, 2.75) is 37.6 Å². The number of carboxylic acids is 1. The molecule has 1 aliphatic heterocycles. The minimum absolute atomic E-state index is 0.354. The lowest BCUT2D eigenvalue weighted by Gasteiger charge is -2.38. The number of carbonyl (C=O) groups is 1. The second kappa shape index (κ2) is 5.76. The average Bonchev–Trinajstić information content (AvgIpc) is 2.41. The number of aliphatic hydroxyl groups is 3. The first-order valence-corrected chi connectivity index (χ1v) is 6.06. The van der Waals surface area contributed by atoms with Gasteiger partial charge in [-0.1, -0.05) is 17.7 Å². The van der Waals surface area contributed by atoms with Crippen molar-refractivity contribution in [3.63, 3.8) is 0 Å². The average molecular weight is 284 g/mol. The Bertz CT molecular complexity index is 472. The molecular weight excluding hydrogens is 268 g/mol. The fourth-order valence-corrected chi connectivity index (χ4v) is 1.90. The van der Waals surface area contributed by atoms with Crippen molar-refractivity contribution >= 4 is 5.97 Å². The molecule has 0 spiro atoms. The number of hydrogen-bond donors (Lipinski definition) is 4. The van der Waals surface area contributed by atoms with Crippen LogP contribution in [-0.2, 0) is 9.53 Å². The van der Waals surface area contributed by atoms with Crippen LogP contribution < -0.4 is 4.74 Å². The molecule has 0 saturated carbocycles. The van der Waals surface area contributed by atoms with E-state index in [1.54, 1.807) is 24.3 Å². The number of hydrogen-bond acceptors (Lipinski definition) is 6. The van der Waals surface area contributed by atoms with Crippen LogP contribution in [0, 0.1) is 6.92 Å². The minimum Gasteiger partial charge on any atom is -0.479 e. The number of benzene rings is 1. The molecule has 1 saturated heterocycles. The number of aliphatic hydroxyl groups excluding tert-OH is 3. The van der Waals surface area contributed by atoms with Crippen LogP contribution in [0.3, 0.4) is 0 Å². The summed E-state index contributed by atoms with van der Waals surface area (Å²) in [6.07, 6.45) is -7.98. The maximum Gasteiger partial charge on any atom is 0.335 e. The molecule has 0 amide bonds. The van der Waals surface area contributed by atoms with Gasteiger partial charge in [0.1, 0.15) is 24.1 Å². The predicted octanol–water partition coefficient (Wildman–Crippen LogP) is -0.734. The van der Waals surface area contributed by atoms with Gasteiger partial charge >= 0.3 is 5.97 Å². The summed E-state index contributed by atoms with van der Waals surface area (Å²) in [5.74, 6) is -1.09. The maximum absolute atomic E-state index is 10.9. The van der Waals surface area contributed by atoms with E-state index in [0.717, 1.165) is 5.56 Å². The lowest BCUT2D eigenvalue weighted by Crippen LogP contribution is -2.61. The predicted molar refractivity (Wildman–Crippen MR) is 66.1 cm³/mol. The van der Waals surface area contributed by atoms with E-state index in [1.807, 2.05) is 6.92 Å². The summed E-state index contributed by atoms with van der Waals surface area (Å²) in [5.41, 5.74) is 1.00. The highest BCUT2D eigenvalue weighted by Crippen LogP contribution is 2.24. The molecule has 1 fully saturated rings. The highest BCUT2D eigenvalue weighted by atomic mass is 16.7. The van der Waals surface area contributed by atoms with Crippen LogP contribution in [0.15, 0.2) is 24.3 Å². The Hall–Kier alpha value is -1.67. The van der Waals surface area contributed by atoms with E-state index in [-0.39, 0.29) is 0 Å². The van der Waals surface area contributed by atoms with E-state index in [4.69, 9.17) is 14.6 Å². The van der Waals surface area contributed by atoms with Crippen molar-refractivity contribution < 1.29 is 34.7 Å². The summed E-state index contributed by atoms with van der Waals surface area (Å²) in [6, 6.07) is 6.78. The SMILES string of the molecule is Cc1ccc(O[C@@H]2O[C@H](C(=O)O)[C@@H](O)C(O)[C@H]2O)cc1. The zero-order chi connectivity index (χ0) is 14.9. The fourth-order valence-electron chi connectivity index (χ4n) is 1.90. The summed E-state index contributed by atoms with van der Waals surface area (Å²) >= 11 is 0. The van der Waals surface area contributed by atoms with Gasteiger partial charge in [-0.15, -0.1) is 0 Å². The first kappa shape index (κ1) is 14.7. The number of aryl methyl sites for hydroxylation is 1. The van der Waals surface area contributed by atoms with E-state index >= 15 is 0 Å². The van der Waals surface area contributed by atoms with Crippen molar-refractivity contribution in [1.29, 1.82) is 0 Å². The van der Waals surface area contributed by atoms with Gasteiger partial charge in [0, 0.05) is 0 Å². The molecule has 4 N–H and O–H groups in total. The first-order chi connectivity index (χ1) is 9.40. The largest absolute Gasteiger partial charge is 0.479 e. The molecule has 1 heterocycles. The first-order valence-electron chi connectivity index (χ1n) is 6.06. The summed E-state index contributed by atoms with van der Waals surface area (Å²) in [5, 5.41) is 37.8. The fraction of sp³-hybridized carbons (Fsp3) is 0.462. The highest BCUT2D eigenvalue weighted by Gasteiger charge is 2.48. The van der Waals surface area contributed by atoms with Crippen molar-refractivity contribution in [1.82, 2.24) is 0 Å². The van der Waals surface area contributed by atoms with E-state index in [1.165, 1.54) is 0 Å². The second-order valence-corrected chi connectivity index (χ2v) is 4.67. The van der Waals surface area contributed by atoms with Crippen LogP contribution in [0.4, 0.5) is 0 Å². The lowest BCUT2D eigenvalue weighted by atomic mass is 9.99. The highest BCUT2D eigenvalue weighted by molar-refractivity contribution is 5.73. The summed E-state index contributed by atoms with van der Waals surface area (Å²) < 4.78 is 10.3. The van der Waals surface area contributed by atoms with Gasteiger partial charge in [0.15, 0.2) is 6.10 Å². The molecule has 110 valence electrons. The second-order valence-electron chi connectivity index (χ2n) is 4.67. The summed E-state index contributed by atoms with van der Waals surface area (Å²) in [4.78, 5) is 10.9. The van der Waals surface area contributed by atoms with Crippen LogP contribution in [-0.4, -0.2) is 57.1 Å². The molecule has 1 unspecified atom stereocenters. The normalized spacial score (nSPS) is 33.7. The van der Waals surface area contributed by atoms with Gasteiger partial charge in [0.25, 0.3) is 0 Å². The van der Waals surface area contributed by atoms with Crippen molar-refractivity contribution in [3.05, 3.63) is 29.8 Å². The molecule has 2 rings (SSSR count). The van der Waals surface area contributed by atoms with Gasteiger partial charge in [0.2, 0.25) is 6.29 Å². The summed E-state index contributed by atoms with van der Waals surface area (Å²) in [6.45, 7) is 1.89. The third-order valence-corrected chi connectivity index (χ3v) is 3.09. The Morgan fingerprint density at radius 3 is 2.25 bits per heavy atom. The van der Waals surface area contributed by atoms with Crippen molar-refractivity contribution in [3.8, 4) is 5.75 Å². The topological polar surface area (TPSA) is 116 Å². The molecule has 7 heteroatoms. The molecule has 0 aliphatic carbocycles. The van der Waals surface area contributed by atoms with Crippen LogP contribution in [0.1, 0.15) is 5.56 Å². The molecule has 1 aromatic carbocycles. The molecule has 5 atom stereocenters. The molecule has 0 aromatic heterocycles. The molecule has 1 aromatic rings. The van der Waals surface area contributed by atoms with Gasteiger partial charge in [0.05, 0.1) is 0 Å². The number of aliphatic carboxylic acids is 1. The Morgan fingerprint density at radius 1 is 1.10 bits per heavy atom. The molecule has 0 radical (unpaired) electrons. The van der Waals surface area contributed by atoms with E-state index in [2.05, 4.69) is 0 Å².